The minimum Gasteiger partial charge on any atom is -0.459 e. The Hall–Kier alpha value is -3.83. The minimum atomic E-state index is -1.53. The molecule has 3 aromatic carbocycles. The third kappa shape index (κ3) is 8.59. The van der Waals surface area contributed by atoms with E-state index in [0.29, 0.717) is 5.56 Å². The van der Waals surface area contributed by atoms with Crippen LogP contribution in [0.2, 0.25) is 25.7 Å². The molecule has 0 unspecified atom stereocenters. The van der Waals surface area contributed by atoms with E-state index in [-0.39, 0.29) is 24.3 Å². The van der Waals surface area contributed by atoms with Crippen LogP contribution in [0, 0.1) is 0 Å². The third-order valence-corrected chi connectivity index (χ3v) is 8.35. The van der Waals surface area contributed by atoms with E-state index in [0.717, 1.165) is 6.04 Å². The Morgan fingerprint density at radius 2 is 1.17 bits per heavy atom. The first-order valence-electron chi connectivity index (χ1n) is 13.8. The monoisotopic (exact) mass is 592 g/mol. The molecule has 10 heteroatoms. The van der Waals surface area contributed by atoms with Crippen molar-refractivity contribution in [2.24, 2.45) is 0 Å². The molecule has 1 saturated heterocycles. The lowest BCUT2D eigenvalue weighted by Crippen LogP contribution is -2.62. The second-order valence-electron chi connectivity index (χ2n) is 11.2. The zero-order chi connectivity index (χ0) is 30.1. The lowest BCUT2D eigenvalue weighted by Gasteiger charge is -2.43. The van der Waals surface area contributed by atoms with Gasteiger partial charge in [0, 0.05) is 14.7 Å². The summed E-state index contributed by atoms with van der Waals surface area (Å²) in [5.74, 6) is -2.05. The Labute approximate surface area is 246 Å². The highest BCUT2D eigenvalue weighted by Crippen LogP contribution is 2.29. The van der Waals surface area contributed by atoms with Gasteiger partial charge < -0.3 is 28.8 Å². The summed E-state index contributed by atoms with van der Waals surface area (Å²) in [4.78, 5) is 38.9. The van der Waals surface area contributed by atoms with Gasteiger partial charge >= 0.3 is 17.9 Å². The van der Waals surface area contributed by atoms with Crippen LogP contribution in [0.25, 0.3) is 0 Å². The average molecular weight is 593 g/mol. The van der Waals surface area contributed by atoms with Crippen molar-refractivity contribution in [1.29, 1.82) is 0 Å². The molecule has 3 aromatic rings. The molecule has 42 heavy (non-hydrogen) atoms. The van der Waals surface area contributed by atoms with Crippen molar-refractivity contribution in [2.45, 2.75) is 56.4 Å². The van der Waals surface area contributed by atoms with Crippen molar-refractivity contribution in [3.63, 3.8) is 0 Å². The summed E-state index contributed by atoms with van der Waals surface area (Å²) < 4.78 is 29.2. The van der Waals surface area contributed by atoms with Crippen LogP contribution in [0.3, 0.4) is 0 Å². The Bertz CT molecular complexity index is 1310. The second-order valence-corrected chi connectivity index (χ2v) is 16.8. The van der Waals surface area contributed by atoms with Gasteiger partial charge in [0.15, 0.2) is 18.5 Å². The molecule has 0 aromatic heterocycles. The summed E-state index contributed by atoms with van der Waals surface area (Å²) in [6.45, 7) is 6.48. The van der Waals surface area contributed by atoms with Crippen LogP contribution in [0.1, 0.15) is 31.1 Å². The number of aliphatic hydroxyl groups excluding tert-OH is 1. The molecule has 1 fully saturated rings. The molecule has 0 bridgehead atoms. The number of hydrogen-bond donors (Lipinski definition) is 1. The Kier molecular flexibility index (Phi) is 10.6. The van der Waals surface area contributed by atoms with Crippen molar-refractivity contribution < 1.29 is 43.2 Å². The van der Waals surface area contributed by atoms with Gasteiger partial charge in [0.2, 0.25) is 0 Å². The first-order valence-corrected chi connectivity index (χ1v) is 17.5. The van der Waals surface area contributed by atoms with Crippen molar-refractivity contribution in [3.05, 3.63) is 108 Å². The first kappa shape index (κ1) is 31.1. The fourth-order valence-electron chi connectivity index (χ4n) is 4.25. The zero-order valence-electron chi connectivity index (χ0n) is 23.9. The van der Waals surface area contributed by atoms with Crippen LogP contribution >= 0.6 is 0 Å². The molecule has 0 spiro atoms. The molecule has 0 saturated carbocycles. The van der Waals surface area contributed by atoms with Crippen LogP contribution in [0.15, 0.2) is 91.0 Å². The summed E-state index contributed by atoms with van der Waals surface area (Å²) in [5, 5.41) is 11.4. The number of carbonyl (C=O) groups excluding carboxylic acids is 3. The van der Waals surface area contributed by atoms with Crippen LogP contribution in [-0.2, 0) is 23.7 Å². The number of rotatable bonds is 11. The van der Waals surface area contributed by atoms with Gasteiger partial charge in [-0.25, -0.2) is 14.4 Å². The molecule has 0 radical (unpaired) electrons. The maximum atomic E-state index is 13.1. The predicted octanol–water partition coefficient (Wildman–Crippen LogP) is 4.74. The fraction of sp³-hybridized carbons (Fsp3) is 0.344. The number of benzene rings is 3. The van der Waals surface area contributed by atoms with Gasteiger partial charge in [-0.1, -0.05) is 74.2 Å². The highest BCUT2D eigenvalue weighted by atomic mass is 28.3. The SMILES string of the molecule is C[Si](C)(C)CCO[C@H]1O[C@H](COC(=O)c2ccccc2)[C@H](O)[C@H](OC(=O)c2ccccc2)[C@H]1OC(=O)c1ccccc1. The Balaban J connectivity index is 1.61. The van der Waals surface area contributed by atoms with E-state index in [1.165, 1.54) is 0 Å². The topological polar surface area (TPSA) is 118 Å². The predicted molar refractivity (Wildman–Crippen MR) is 157 cm³/mol. The normalized spacial score (nSPS) is 22.1. The molecule has 4 rings (SSSR count). The van der Waals surface area contributed by atoms with E-state index in [2.05, 4.69) is 19.6 Å². The summed E-state index contributed by atoms with van der Waals surface area (Å²) >= 11 is 0. The van der Waals surface area contributed by atoms with Gasteiger partial charge in [-0.15, -0.1) is 0 Å². The highest BCUT2D eigenvalue weighted by Gasteiger charge is 2.51. The fourth-order valence-corrected chi connectivity index (χ4v) is 4.98. The summed E-state index contributed by atoms with van der Waals surface area (Å²) in [7, 11) is -1.53. The van der Waals surface area contributed by atoms with E-state index < -0.39 is 56.7 Å². The number of ether oxygens (including phenoxy) is 5. The third-order valence-electron chi connectivity index (χ3n) is 6.65. The quantitative estimate of drug-likeness (QED) is 0.191. The summed E-state index contributed by atoms with van der Waals surface area (Å²) in [5.41, 5.74) is 0.833. The number of aliphatic hydroxyl groups is 1. The molecule has 0 aliphatic carbocycles. The van der Waals surface area contributed by atoms with E-state index in [1.54, 1.807) is 91.0 Å². The second kappa shape index (κ2) is 14.4. The van der Waals surface area contributed by atoms with Crippen molar-refractivity contribution in [2.75, 3.05) is 13.2 Å². The van der Waals surface area contributed by atoms with Crippen molar-refractivity contribution >= 4 is 26.0 Å². The lowest BCUT2D eigenvalue weighted by atomic mass is 9.98. The molecule has 1 N–H and O–H groups in total. The largest absolute Gasteiger partial charge is 0.459 e. The summed E-state index contributed by atoms with van der Waals surface area (Å²) in [6, 6.07) is 25.7. The Morgan fingerprint density at radius 3 is 1.64 bits per heavy atom. The first-order chi connectivity index (χ1) is 20.1. The van der Waals surface area contributed by atoms with Crippen LogP contribution in [0.5, 0.6) is 0 Å². The molecule has 0 amide bonds. The van der Waals surface area contributed by atoms with Gasteiger partial charge in [-0.05, 0) is 42.4 Å². The van der Waals surface area contributed by atoms with Gasteiger partial charge in [0.05, 0.1) is 16.7 Å². The van der Waals surface area contributed by atoms with Gasteiger partial charge in [0.1, 0.15) is 18.8 Å². The summed E-state index contributed by atoms with van der Waals surface area (Å²) in [6.07, 6.45) is -6.59. The smallest absolute Gasteiger partial charge is 0.338 e. The lowest BCUT2D eigenvalue weighted by molar-refractivity contribution is -0.298. The molecule has 5 atom stereocenters. The molecule has 222 valence electrons. The minimum absolute atomic E-state index is 0.243. The molecule has 1 heterocycles. The molecule has 1 aliphatic rings. The van der Waals surface area contributed by atoms with Gasteiger partial charge in [-0.3, -0.25) is 0 Å². The maximum Gasteiger partial charge on any atom is 0.338 e. The van der Waals surface area contributed by atoms with Crippen molar-refractivity contribution in [3.8, 4) is 0 Å². The zero-order valence-corrected chi connectivity index (χ0v) is 24.9. The number of hydrogen-bond acceptors (Lipinski definition) is 9. The van der Waals surface area contributed by atoms with Crippen LogP contribution in [-0.4, -0.2) is 75.0 Å². The van der Waals surface area contributed by atoms with Crippen molar-refractivity contribution in [1.82, 2.24) is 0 Å². The standard InChI is InChI=1S/C32H36O9Si/c1-42(2,3)20-19-37-32-28(41-31(36)24-17-11-6-12-18-24)27(40-30(35)23-15-9-5-10-16-23)26(33)25(39-32)21-38-29(34)22-13-7-4-8-14-22/h4-18,25-28,32-33H,19-21H2,1-3H3/t25-,26+,27+,28-,32+/m1/s1. The number of esters is 3. The van der Waals surface area contributed by atoms with Crippen LogP contribution < -0.4 is 0 Å². The van der Waals surface area contributed by atoms with Crippen LogP contribution in [0.4, 0.5) is 0 Å². The Morgan fingerprint density at radius 1 is 0.714 bits per heavy atom. The molecular weight excluding hydrogens is 556 g/mol. The van der Waals surface area contributed by atoms with E-state index in [9.17, 15) is 19.5 Å². The molecular formula is C32H36O9Si. The highest BCUT2D eigenvalue weighted by molar-refractivity contribution is 6.76. The number of carbonyl (C=O) groups is 3. The molecule has 9 nitrogen and oxygen atoms in total. The van der Waals surface area contributed by atoms with E-state index in [4.69, 9.17) is 23.7 Å². The van der Waals surface area contributed by atoms with Gasteiger partial charge in [0.25, 0.3) is 0 Å². The van der Waals surface area contributed by atoms with E-state index >= 15 is 0 Å². The average Bonchev–Trinajstić information content (AvgIpc) is 2.99. The molecule has 1 aliphatic heterocycles. The van der Waals surface area contributed by atoms with E-state index in [1.807, 2.05) is 0 Å². The maximum absolute atomic E-state index is 13.1. The van der Waals surface area contributed by atoms with Gasteiger partial charge in [-0.2, -0.15) is 0 Å².